The van der Waals surface area contributed by atoms with Crippen molar-refractivity contribution < 1.29 is 19.1 Å². The summed E-state index contributed by atoms with van der Waals surface area (Å²) in [5, 5.41) is 5.44. The summed E-state index contributed by atoms with van der Waals surface area (Å²) in [6, 6.07) is 13.9. The van der Waals surface area contributed by atoms with Crippen LogP contribution in [-0.2, 0) is 9.59 Å². The van der Waals surface area contributed by atoms with Gasteiger partial charge in [0.2, 0.25) is 5.91 Å². The second-order valence-corrected chi connectivity index (χ2v) is 5.19. The molecule has 0 saturated heterocycles. The average Bonchev–Trinajstić information content (AvgIpc) is 2.56. The van der Waals surface area contributed by atoms with Gasteiger partial charge in [-0.3, -0.25) is 9.59 Å². The Bertz CT molecular complexity index is 713. The lowest BCUT2D eigenvalue weighted by molar-refractivity contribution is -0.122. The lowest BCUT2D eigenvalue weighted by Crippen LogP contribution is -2.30. The van der Waals surface area contributed by atoms with Gasteiger partial charge in [0.05, 0.1) is 7.11 Å². The van der Waals surface area contributed by atoms with Crippen LogP contribution in [0.4, 0.5) is 11.4 Å². The van der Waals surface area contributed by atoms with Crippen LogP contribution in [0, 0.1) is 0 Å². The van der Waals surface area contributed by atoms with E-state index in [2.05, 4.69) is 10.6 Å². The number of carbonyl (C=O) groups excluding carboxylic acids is 2. The Labute approximate surface area is 140 Å². The highest BCUT2D eigenvalue weighted by molar-refractivity contribution is 5.94. The van der Waals surface area contributed by atoms with Crippen molar-refractivity contribution in [2.24, 2.45) is 0 Å². The fourth-order valence-electron chi connectivity index (χ4n) is 2.02. The quantitative estimate of drug-likeness (QED) is 0.854. The number of hydrogen-bond donors (Lipinski definition) is 2. The third kappa shape index (κ3) is 5.01. The van der Waals surface area contributed by atoms with Crippen LogP contribution in [-0.4, -0.2) is 25.0 Å². The third-order valence-electron chi connectivity index (χ3n) is 3.19. The van der Waals surface area contributed by atoms with Crippen LogP contribution in [0.2, 0.25) is 0 Å². The van der Waals surface area contributed by atoms with E-state index in [0.29, 0.717) is 22.9 Å². The molecule has 126 valence electrons. The van der Waals surface area contributed by atoms with Crippen LogP contribution in [0.15, 0.2) is 48.5 Å². The molecule has 0 radical (unpaired) electrons. The van der Waals surface area contributed by atoms with Crippen molar-refractivity contribution in [3.63, 3.8) is 0 Å². The molecule has 2 rings (SSSR count). The number of benzene rings is 2. The van der Waals surface area contributed by atoms with Crippen LogP contribution < -0.4 is 20.1 Å². The lowest BCUT2D eigenvalue weighted by atomic mass is 10.2. The fourth-order valence-corrected chi connectivity index (χ4v) is 2.02. The lowest BCUT2D eigenvalue weighted by Gasteiger charge is -2.15. The highest BCUT2D eigenvalue weighted by atomic mass is 16.5. The van der Waals surface area contributed by atoms with Crippen LogP contribution in [0.5, 0.6) is 11.5 Å². The Hall–Kier alpha value is -3.02. The van der Waals surface area contributed by atoms with Gasteiger partial charge in [-0.1, -0.05) is 6.07 Å². The van der Waals surface area contributed by atoms with Crippen molar-refractivity contribution in [1.29, 1.82) is 0 Å². The molecular formula is C18H20N2O4. The van der Waals surface area contributed by atoms with E-state index in [9.17, 15) is 9.59 Å². The van der Waals surface area contributed by atoms with Crippen LogP contribution in [0.3, 0.4) is 0 Å². The number of nitrogens with one attached hydrogen (secondary N) is 2. The third-order valence-corrected chi connectivity index (χ3v) is 3.19. The molecule has 2 N–H and O–H groups in total. The number of rotatable bonds is 6. The van der Waals surface area contributed by atoms with Crippen molar-refractivity contribution >= 4 is 23.2 Å². The highest BCUT2D eigenvalue weighted by Gasteiger charge is 2.15. The average molecular weight is 328 g/mol. The van der Waals surface area contributed by atoms with Gasteiger partial charge in [0.15, 0.2) is 6.10 Å². The zero-order chi connectivity index (χ0) is 17.5. The summed E-state index contributed by atoms with van der Waals surface area (Å²) in [5.41, 5.74) is 1.30. The second-order valence-electron chi connectivity index (χ2n) is 5.19. The van der Waals surface area contributed by atoms with Gasteiger partial charge in [0.1, 0.15) is 11.5 Å². The van der Waals surface area contributed by atoms with Gasteiger partial charge in [-0.05, 0) is 43.3 Å². The SMILES string of the molecule is COc1cccc(NC(=O)[C@H](C)Oc2ccc(NC(C)=O)cc2)c1. The monoisotopic (exact) mass is 328 g/mol. The van der Waals surface area contributed by atoms with Crippen molar-refractivity contribution in [2.75, 3.05) is 17.7 Å². The van der Waals surface area contributed by atoms with Gasteiger partial charge in [-0.25, -0.2) is 0 Å². The normalized spacial score (nSPS) is 11.3. The van der Waals surface area contributed by atoms with E-state index < -0.39 is 6.10 Å². The van der Waals surface area contributed by atoms with E-state index in [1.807, 2.05) is 0 Å². The van der Waals surface area contributed by atoms with Gasteiger partial charge in [0, 0.05) is 24.4 Å². The molecule has 0 heterocycles. The summed E-state index contributed by atoms with van der Waals surface area (Å²) in [6.07, 6.45) is -0.678. The minimum Gasteiger partial charge on any atom is -0.497 e. The molecule has 0 unspecified atom stereocenters. The van der Waals surface area contributed by atoms with Gasteiger partial charge in [0.25, 0.3) is 5.91 Å². The van der Waals surface area contributed by atoms with Crippen molar-refractivity contribution in [2.45, 2.75) is 20.0 Å². The molecule has 0 bridgehead atoms. The Balaban J connectivity index is 1.94. The topological polar surface area (TPSA) is 76.7 Å². The van der Waals surface area contributed by atoms with Crippen molar-refractivity contribution in [1.82, 2.24) is 0 Å². The predicted octanol–water partition coefficient (Wildman–Crippen LogP) is 3.06. The summed E-state index contributed by atoms with van der Waals surface area (Å²) >= 11 is 0. The molecule has 0 fully saturated rings. The summed E-state index contributed by atoms with van der Waals surface area (Å²) in [5.74, 6) is 0.788. The van der Waals surface area contributed by atoms with E-state index in [0.717, 1.165) is 0 Å². The number of methoxy groups -OCH3 is 1. The van der Waals surface area contributed by atoms with Crippen LogP contribution in [0.25, 0.3) is 0 Å². The summed E-state index contributed by atoms with van der Waals surface area (Å²) in [6.45, 7) is 3.10. The molecule has 0 aliphatic carbocycles. The highest BCUT2D eigenvalue weighted by Crippen LogP contribution is 2.19. The van der Waals surface area contributed by atoms with E-state index in [4.69, 9.17) is 9.47 Å². The first kappa shape index (κ1) is 17.3. The van der Waals surface area contributed by atoms with Crippen molar-refractivity contribution in [3.8, 4) is 11.5 Å². The van der Waals surface area contributed by atoms with Crippen molar-refractivity contribution in [3.05, 3.63) is 48.5 Å². The van der Waals surface area contributed by atoms with Gasteiger partial charge in [-0.15, -0.1) is 0 Å². The van der Waals surface area contributed by atoms with E-state index in [-0.39, 0.29) is 11.8 Å². The zero-order valence-corrected chi connectivity index (χ0v) is 13.8. The zero-order valence-electron chi connectivity index (χ0n) is 13.8. The minimum atomic E-state index is -0.678. The molecular weight excluding hydrogens is 308 g/mol. The molecule has 0 saturated carbocycles. The number of amides is 2. The second kappa shape index (κ2) is 8.01. The van der Waals surface area contributed by atoms with Gasteiger partial charge >= 0.3 is 0 Å². The summed E-state index contributed by atoms with van der Waals surface area (Å²) < 4.78 is 10.7. The van der Waals surface area contributed by atoms with Crippen LogP contribution in [0.1, 0.15) is 13.8 Å². The number of anilines is 2. The fraction of sp³-hybridized carbons (Fsp3) is 0.222. The van der Waals surface area contributed by atoms with E-state index in [1.165, 1.54) is 6.92 Å². The smallest absolute Gasteiger partial charge is 0.265 e. The van der Waals surface area contributed by atoms with Gasteiger partial charge in [-0.2, -0.15) is 0 Å². The molecule has 24 heavy (non-hydrogen) atoms. The van der Waals surface area contributed by atoms with Crippen LogP contribution >= 0.6 is 0 Å². The maximum atomic E-state index is 12.2. The molecule has 2 aromatic carbocycles. The maximum Gasteiger partial charge on any atom is 0.265 e. The molecule has 6 nitrogen and oxygen atoms in total. The van der Waals surface area contributed by atoms with E-state index in [1.54, 1.807) is 62.6 Å². The molecule has 2 aromatic rings. The Morgan fingerprint density at radius 2 is 1.67 bits per heavy atom. The molecule has 2 amide bonds. The maximum absolute atomic E-state index is 12.2. The molecule has 0 aliphatic heterocycles. The van der Waals surface area contributed by atoms with Gasteiger partial charge < -0.3 is 20.1 Å². The molecule has 0 aliphatic rings. The first-order chi connectivity index (χ1) is 11.5. The number of carbonyl (C=O) groups is 2. The molecule has 1 atom stereocenters. The molecule has 6 heteroatoms. The number of ether oxygens (including phenoxy) is 2. The first-order valence-corrected chi connectivity index (χ1v) is 7.47. The Morgan fingerprint density at radius 3 is 2.29 bits per heavy atom. The standard InChI is InChI=1S/C18H20N2O4/c1-12(18(22)20-15-5-4-6-17(11-15)23-3)24-16-9-7-14(8-10-16)19-13(2)21/h4-12H,1-3H3,(H,19,21)(H,20,22)/t12-/m0/s1. The first-order valence-electron chi connectivity index (χ1n) is 7.47. The molecule has 0 spiro atoms. The Kier molecular flexibility index (Phi) is 5.78. The summed E-state index contributed by atoms with van der Waals surface area (Å²) in [4.78, 5) is 23.2. The van der Waals surface area contributed by atoms with E-state index >= 15 is 0 Å². The predicted molar refractivity (Wildman–Crippen MR) is 92.5 cm³/mol. The molecule has 0 aromatic heterocycles. The minimum absolute atomic E-state index is 0.144. The largest absolute Gasteiger partial charge is 0.497 e. The summed E-state index contributed by atoms with van der Waals surface area (Å²) in [7, 11) is 1.57. The Morgan fingerprint density at radius 1 is 0.958 bits per heavy atom. The number of hydrogen-bond acceptors (Lipinski definition) is 4.